The maximum absolute atomic E-state index is 13.6. The van der Waals surface area contributed by atoms with Gasteiger partial charge in [0.15, 0.2) is 0 Å². The van der Waals surface area contributed by atoms with Gasteiger partial charge in [-0.25, -0.2) is 8.78 Å². The Morgan fingerprint density at radius 3 is 2.47 bits per heavy atom. The van der Waals surface area contributed by atoms with Crippen molar-refractivity contribution in [1.29, 1.82) is 0 Å². The molecule has 0 saturated heterocycles. The Hall–Kier alpha value is -2.31. The quantitative estimate of drug-likeness (QED) is 0.525. The first kappa shape index (κ1) is 22.4. The van der Waals surface area contributed by atoms with Crippen LogP contribution in [0, 0.1) is 17.6 Å². The zero-order valence-corrected chi connectivity index (χ0v) is 17.3. The number of benzene rings is 2. The van der Waals surface area contributed by atoms with Gasteiger partial charge >= 0.3 is 0 Å². The molecule has 30 heavy (non-hydrogen) atoms. The number of carbonyl (C=O) groups is 1. The van der Waals surface area contributed by atoms with Crippen LogP contribution in [-0.4, -0.2) is 29.7 Å². The second-order valence-electron chi connectivity index (χ2n) is 8.18. The normalized spacial score (nSPS) is 15.6. The van der Waals surface area contributed by atoms with Crippen LogP contribution in [0.5, 0.6) is 0 Å². The highest BCUT2D eigenvalue weighted by Crippen LogP contribution is 2.32. The molecular weight excluding hydrogens is 386 g/mol. The van der Waals surface area contributed by atoms with Gasteiger partial charge in [0.1, 0.15) is 11.6 Å². The molecule has 6 heteroatoms. The summed E-state index contributed by atoms with van der Waals surface area (Å²) in [5.74, 6) is -1.06. The highest BCUT2D eigenvalue weighted by molar-refractivity contribution is 5.76. The van der Waals surface area contributed by atoms with E-state index in [2.05, 4.69) is 29.7 Å². The molecule has 1 aliphatic rings. The van der Waals surface area contributed by atoms with E-state index in [1.807, 2.05) is 12.1 Å². The van der Waals surface area contributed by atoms with E-state index in [0.29, 0.717) is 24.4 Å². The molecule has 1 saturated carbocycles. The van der Waals surface area contributed by atoms with Crippen molar-refractivity contribution >= 4 is 5.91 Å². The number of hydrogen-bond acceptors (Lipinski definition) is 3. The predicted molar refractivity (Wildman–Crippen MR) is 113 cm³/mol. The van der Waals surface area contributed by atoms with Gasteiger partial charge in [-0.15, -0.1) is 0 Å². The molecule has 0 unspecified atom stereocenters. The summed E-state index contributed by atoms with van der Waals surface area (Å²) in [6.45, 7) is 2.94. The topological polar surface area (TPSA) is 61.4 Å². The molecule has 0 aliphatic heterocycles. The van der Waals surface area contributed by atoms with E-state index >= 15 is 0 Å². The van der Waals surface area contributed by atoms with Crippen LogP contribution in [0.3, 0.4) is 0 Å². The number of carbonyl (C=O) groups excluding carboxylic acids is 1. The fourth-order valence-corrected chi connectivity index (χ4v) is 3.58. The van der Waals surface area contributed by atoms with Crippen LogP contribution in [0.15, 0.2) is 42.5 Å². The predicted octanol–water partition coefficient (Wildman–Crippen LogP) is 3.51. The lowest BCUT2D eigenvalue weighted by atomic mass is 10.00. The van der Waals surface area contributed by atoms with Crippen molar-refractivity contribution in [3.8, 4) is 0 Å². The molecule has 3 N–H and O–H groups in total. The number of amides is 1. The molecule has 3 rings (SSSR count). The van der Waals surface area contributed by atoms with Crippen molar-refractivity contribution in [2.45, 2.75) is 57.7 Å². The van der Waals surface area contributed by atoms with Gasteiger partial charge in [-0.1, -0.05) is 31.2 Å². The summed E-state index contributed by atoms with van der Waals surface area (Å²) < 4.78 is 27.1. The molecule has 1 fully saturated rings. The zero-order chi connectivity index (χ0) is 21.5. The fourth-order valence-electron chi connectivity index (χ4n) is 3.58. The molecule has 2 aromatic rings. The minimum atomic E-state index is -0.895. The summed E-state index contributed by atoms with van der Waals surface area (Å²) in [6, 6.07) is 10.9. The van der Waals surface area contributed by atoms with Crippen LogP contribution < -0.4 is 10.6 Å². The van der Waals surface area contributed by atoms with Crippen LogP contribution >= 0.6 is 0 Å². The molecule has 0 bridgehead atoms. The highest BCUT2D eigenvalue weighted by Gasteiger charge is 2.27. The lowest BCUT2D eigenvalue weighted by molar-refractivity contribution is -0.123. The van der Waals surface area contributed by atoms with Gasteiger partial charge in [-0.05, 0) is 60.4 Å². The van der Waals surface area contributed by atoms with Gasteiger partial charge in [0.05, 0.1) is 12.1 Å². The molecule has 162 valence electrons. The van der Waals surface area contributed by atoms with Crippen LogP contribution in [0.25, 0.3) is 0 Å². The number of aliphatic hydroxyl groups excluding tert-OH is 1. The monoisotopic (exact) mass is 416 g/mol. The average molecular weight is 417 g/mol. The van der Waals surface area contributed by atoms with Gasteiger partial charge in [-0.2, -0.15) is 0 Å². The lowest BCUT2D eigenvalue weighted by Crippen LogP contribution is -2.48. The van der Waals surface area contributed by atoms with Crippen molar-refractivity contribution in [2.75, 3.05) is 6.54 Å². The van der Waals surface area contributed by atoms with E-state index in [1.54, 1.807) is 0 Å². The first-order valence-electron chi connectivity index (χ1n) is 10.6. The number of aliphatic hydroxyl groups is 1. The smallest absolute Gasteiger partial charge is 0.220 e. The van der Waals surface area contributed by atoms with E-state index in [1.165, 1.54) is 17.7 Å². The van der Waals surface area contributed by atoms with Crippen LogP contribution in [-0.2, 0) is 24.2 Å². The van der Waals surface area contributed by atoms with E-state index in [-0.39, 0.29) is 18.9 Å². The van der Waals surface area contributed by atoms with Crippen molar-refractivity contribution in [3.05, 3.63) is 70.8 Å². The summed E-state index contributed by atoms with van der Waals surface area (Å²) in [5, 5.41) is 16.8. The molecule has 4 nitrogen and oxygen atoms in total. The molecule has 2 atom stereocenters. The third-order valence-electron chi connectivity index (χ3n) is 5.44. The lowest BCUT2D eigenvalue weighted by Gasteiger charge is -2.25. The molecule has 0 radical (unpaired) electrons. The number of halogens is 2. The molecular formula is C24H30F2N2O2. The van der Waals surface area contributed by atoms with Gasteiger partial charge in [0, 0.05) is 25.6 Å². The first-order valence-corrected chi connectivity index (χ1v) is 10.6. The van der Waals surface area contributed by atoms with Crippen LogP contribution in [0.4, 0.5) is 8.78 Å². The van der Waals surface area contributed by atoms with E-state index in [9.17, 15) is 18.7 Å². The summed E-state index contributed by atoms with van der Waals surface area (Å²) in [6.07, 6.45) is 2.74. The number of rotatable bonds is 11. The standard InChI is InChI=1S/C24H30F2N2O2/c1-2-16-4-3-5-18(8-16)14-27-15-23(29)22(28-24(30)12-17-6-7-17)11-19-9-20(25)13-21(26)10-19/h3-5,8-10,13,17,22-23,27,29H,2,6-7,11-12,14-15H2,1H3,(H,28,30)/t22-,23+/m0/s1. The Labute approximate surface area is 176 Å². The van der Waals surface area contributed by atoms with Crippen molar-refractivity contribution in [2.24, 2.45) is 5.92 Å². The first-order chi connectivity index (χ1) is 14.4. The second-order valence-corrected chi connectivity index (χ2v) is 8.18. The Kier molecular flexibility index (Phi) is 7.94. The van der Waals surface area contributed by atoms with Crippen LogP contribution in [0.1, 0.15) is 42.9 Å². The summed E-state index contributed by atoms with van der Waals surface area (Å²) >= 11 is 0. The number of hydrogen-bond donors (Lipinski definition) is 3. The van der Waals surface area contributed by atoms with E-state index in [0.717, 1.165) is 30.9 Å². The molecule has 1 amide bonds. The summed E-state index contributed by atoms with van der Waals surface area (Å²) in [4.78, 5) is 12.3. The maximum atomic E-state index is 13.6. The van der Waals surface area contributed by atoms with Gasteiger partial charge < -0.3 is 15.7 Å². The van der Waals surface area contributed by atoms with Gasteiger partial charge in [0.25, 0.3) is 0 Å². The minimum Gasteiger partial charge on any atom is -0.390 e. The minimum absolute atomic E-state index is 0.130. The largest absolute Gasteiger partial charge is 0.390 e. The molecule has 1 aliphatic carbocycles. The van der Waals surface area contributed by atoms with E-state index < -0.39 is 23.8 Å². The maximum Gasteiger partial charge on any atom is 0.220 e. The third-order valence-corrected chi connectivity index (χ3v) is 5.44. The summed E-state index contributed by atoms with van der Waals surface area (Å²) in [5.41, 5.74) is 2.76. The fraction of sp³-hybridized carbons (Fsp3) is 0.458. The Bertz CT molecular complexity index is 835. The van der Waals surface area contributed by atoms with Crippen molar-refractivity contribution < 1.29 is 18.7 Å². The molecule has 0 spiro atoms. The summed E-state index contributed by atoms with van der Waals surface area (Å²) in [7, 11) is 0. The zero-order valence-electron chi connectivity index (χ0n) is 17.3. The highest BCUT2D eigenvalue weighted by atomic mass is 19.1. The molecule has 0 aromatic heterocycles. The number of nitrogens with one attached hydrogen (secondary N) is 2. The molecule has 0 heterocycles. The van der Waals surface area contributed by atoms with Gasteiger partial charge in [0.2, 0.25) is 5.91 Å². The Morgan fingerprint density at radius 2 is 1.80 bits per heavy atom. The second kappa shape index (κ2) is 10.6. The SMILES string of the molecule is CCc1cccc(CNC[C@@H](O)[C@H](Cc2cc(F)cc(F)c2)NC(=O)CC2CC2)c1. The van der Waals surface area contributed by atoms with Crippen molar-refractivity contribution in [3.63, 3.8) is 0 Å². The Balaban J connectivity index is 1.60. The van der Waals surface area contributed by atoms with E-state index in [4.69, 9.17) is 0 Å². The number of aryl methyl sites for hydroxylation is 1. The average Bonchev–Trinajstić information content (AvgIpc) is 3.50. The Morgan fingerprint density at radius 1 is 1.10 bits per heavy atom. The molecule has 2 aromatic carbocycles. The van der Waals surface area contributed by atoms with Crippen LogP contribution in [0.2, 0.25) is 0 Å². The third kappa shape index (κ3) is 7.18. The van der Waals surface area contributed by atoms with Crippen molar-refractivity contribution in [1.82, 2.24) is 10.6 Å². The van der Waals surface area contributed by atoms with Gasteiger partial charge in [-0.3, -0.25) is 4.79 Å².